The Hall–Kier alpha value is -1.73. The average molecular weight is 431 g/mol. The highest BCUT2D eigenvalue weighted by atomic mass is 32.1. The van der Waals surface area contributed by atoms with Gasteiger partial charge in [-0.1, -0.05) is 26.8 Å². The van der Waals surface area contributed by atoms with Crippen molar-refractivity contribution in [3.05, 3.63) is 33.0 Å². The number of carbonyl (C=O) groups is 2. The third-order valence-electron chi connectivity index (χ3n) is 7.32. The molecule has 0 aromatic carbocycles. The number of nitrogens with zero attached hydrogens (tertiary/aromatic N) is 1. The summed E-state index contributed by atoms with van der Waals surface area (Å²) in [6.07, 6.45) is 3.50. The topological polar surface area (TPSA) is 68.3 Å². The van der Waals surface area contributed by atoms with Crippen LogP contribution in [-0.4, -0.2) is 23.0 Å². The second kappa shape index (κ2) is 6.91. The van der Waals surface area contributed by atoms with Crippen LogP contribution >= 0.6 is 22.7 Å². The summed E-state index contributed by atoms with van der Waals surface area (Å²) >= 11 is 3.21. The molecule has 1 aliphatic heterocycles. The van der Waals surface area contributed by atoms with Crippen molar-refractivity contribution in [1.82, 2.24) is 4.98 Å². The van der Waals surface area contributed by atoms with Gasteiger partial charge in [0, 0.05) is 27.5 Å². The lowest BCUT2D eigenvalue weighted by Crippen LogP contribution is -2.50. The number of rotatable bonds is 3. The van der Waals surface area contributed by atoms with Crippen LogP contribution in [0.25, 0.3) is 0 Å². The normalized spacial score (nSPS) is 35.4. The lowest BCUT2D eigenvalue weighted by molar-refractivity contribution is -0.149. The summed E-state index contributed by atoms with van der Waals surface area (Å²) in [5, 5.41) is 5.68. The Kier molecular flexibility index (Phi) is 4.59. The number of hydrogen-bond acceptors (Lipinski definition) is 6. The molecular weight excluding hydrogens is 404 g/mol. The Labute approximate surface area is 178 Å². The fourth-order valence-corrected chi connectivity index (χ4v) is 7.85. The molecule has 0 spiro atoms. The zero-order valence-electron chi connectivity index (χ0n) is 16.9. The van der Waals surface area contributed by atoms with Crippen LogP contribution in [0.4, 0.5) is 5.13 Å². The van der Waals surface area contributed by atoms with E-state index in [0.29, 0.717) is 23.4 Å². The molecule has 1 saturated carbocycles. The quantitative estimate of drug-likeness (QED) is 0.721. The number of anilines is 1. The molecule has 7 heteroatoms. The number of esters is 1. The van der Waals surface area contributed by atoms with Gasteiger partial charge in [-0.2, -0.15) is 0 Å². The van der Waals surface area contributed by atoms with E-state index in [1.165, 1.54) is 4.88 Å². The van der Waals surface area contributed by atoms with E-state index < -0.39 is 0 Å². The van der Waals surface area contributed by atoms with Crippen LogP contribution in [0.2, 0.25) is 0 Å². The molecule has 1 N–H and O–H groups in total. The van der Waals surface area contributed by atoms with Crippen molar-refractivity contribution in [1.29, 1.82) is 0 Å². The summed E-state index contributed by atoms with van der Waals surface area (Å²) in [6, 6.07) is 3.94. The van der Waals surface area contributed by atoms with Gasteiger partial charge in [-0.05, 0) is 36.1 Å². The lowest BCUT2D eigenvalue weighted by Gasteiger charge is -2.51. The minimum atomic E-state index is -0.0398. The number of carbonyl (C=O) groups excluding carboxylic acids is 2. The first-order valence-corrected chi connectivity index (χ1v) is 12.1. The van der Waals surface area contributed by atoms with E-state index in [-0.39, 0.29) is 35.2 Å². The van der Waals surface area contributed by atoms with Gasteiger partial charge in [-0.25, -0.2) is 4.98 Å². The standard InChI is InChI=1S/C22H26N2O3S2/c1-11-14-6-7-22(3)10-15-18(12(2)17(22)19(14)27-20(11)26)24-21(29-15)23-16(25)9-13-5-4-8-28-13/h4-5,8,11-12,14,17,19H,6-7,9-10H2,1-3H3,(H,23,24,25). The molecule has 1 saturated heterocycles. The van der Waals surface area contributed by atoms with Crippen LogP contribution < -0.4 is 5.32 Å². The molecule has 154 valence electrons. The summed E-state index contributed by atoms with van der Waals surface area (Å²) in [7, 11) is 0. The summed E-state index contributed by atoms with van der Waals surface area (Å²) in [5.74, 6) is 0.776. The molecule has 5 rings (SSSR count). The number of ether oxygens (including phenoxy) is 1. The predicted molar refractivity (Wildman–Crippen MR) is 114 cm³/mol. The number of nitrogens with one attached hydrogen (secondary N) is 1. The molecule has 3 aliphatic rings. The Morgan fingerprint density at radius 3 is 2.97 bits per heavy atom. The number of thiophene rings is 1. The van der Waals surface area contributed by atoms with Crippen molar-refractivity contribution >= 4 is 39.7 Å². The van der Waals surface area contributed by atoms with Crippen LogP contribution in [0.15, 0.2) is 17.5 Å². The van der Waals surface area contributed by atoms with Gasteiger partial charge in [-0.3, -0.25) is 9.59 Å². The lowest BCUT2D eigenvalue weighted by atomic mass is 9.54. The monoisotopic (exact) mass is 430 g/mol. The molecule has 29 heavy (non-hydrogen) atoms. The molecule has 6 unspecified atom stereocenters. The highest BCUT2D eigenvalue weighted by Crippen LogP contribution is 2.59. The second-order valence-corrected chi connectivity index (χ2v) is 11.3. The van der Waals surface area contributed by atoms with Crippen molar-refractivity contribution in [2.45, 2.75) is 58.5 Å². The van der Waals surface area contributed by atoms with Gasteiger partial charge >= 0.3 is 5.97 Å². The zero-order chi connectivity index (χ0) is 20.3. The van der Waals surface area contributed by atoms with Gasteiger partial charge in [-0.15, -0.1) is 22.7 Å². The summed E-state index contributed by atoms with van der Waals surface area (Å²) in [6.45, 7) is 6.58. The smallest absolute Gasteiger partial charge is 0.309 e. The van der Waals surface area contributed by atoms with Gasteiger partial charge in [0.05, 0.1) is 18.0 Å². The van der Waals surface area contributed by atoms with E-state index in [2.05, 4.69) is 19.2 Å². The third-order valence-corrected chi connectivity index (χ3v) is 9.18. The number of fused-ring (bicyclic) bond motifs is 4. The van der Waals surface area contributed by atoms with Gasteiger partial charge in [0.25, 0.3) is 0 Å². The zero-order valence-corrected chi connectivity index (χ0v) is 18.6. The SMILES string of the molecule is CC1C(=O)OC2C1CCC1(C)Cc3sc(NC(=O)Cc4cccs4)nc3C(C)C21. The van der Waals surface area contributed by atoms with Crippen molar-refractivity contribution in [2.75, 3.05) is 5.32 Å². The molecule has 3 heterocycles. The number of aromatic nitrogens is 1. The largest absolute Gasteiger partial charge is 0.461 e. The molecule has 2 aromatic heterocycles. The molecule has 2 aliphatic carbocycles. The van der Waals surface area contributed by atoms with Crippen molar-refractivity contribution < 1.29 is 14.3 Å². The molecule has 2 fully saturated rings. The third kappa shape index (κ3) is 3.13. The van der Waals surface area contributed by atoms with Gasteiger partial charge in [0.15, 0.2) is 5.13 Å². The van der Waals surface area contributed by atoms with Crippen molar-refractivity contribution in [3.8, 4) is 0 Å². The average Bonchev–Trinajstić information content (AvgIpc) is 3.36. The first-order valence-electron chi connectivity index (χ1n) is 10.4. The van der Waals surface area contributed by atoms with E-state index in [9.17, 15) is 9.59 Å². The van der Waals surface area contributed by atoms with Crippen molar-refractivity contribution in [2.24, 2.45) is 23.2 Å². The number of hydrogen-bond donors (Lipinski definition) is 1. The van der Waals surface area contributed by atoms with E-state index in [1.54, 1.807) is 22.7 Å². The first-order chi connectivity index (χ1) is 13.9. The van der Waals surface area contributed by atoms with Crippen LogP contribution in [0.5, 0.6) is 0 Å². The highest BCUT2D eigenvalue weighted by molar-refractivity contribution is 7.16. The summed E-state index contributed by atoms with van der Waals surface area (Å²) in [4.78, 5) is 31.8. The van der Waals surface area contributed by atoms with Crippen LogP contribution in [0.3, 0.4) is 0 Å². The van der Waals surface area contributed by atoms with Gasteiger partial charge < -0.3 is 10.1 Å². The van der Waals surface area contributed by atoms with Crippen molar-refractivity contribution in [3.63, 3.8) is 0 Å². The van der Waals surface area contributed by atoms with E-state index in [0.717, 1.165) is 29.8 Å². The van der Waals surface area contributed by atoms with Crippen LogP contribution in [0.1, 0.15) is 55.0 Å². The maximum Gasteiger partial charge on any atom is 0.309 e. The van der Waals surface area contributed by atoms with E-state index in [1.807, 2.05) is 24.4 Å². The summed E-state index contributed by atoms with van der Waals surface area (Å²) < 4.78 is 5.90. The maximum atomic E-state index is 12.4. The highest BCUT2D eigenvalue weighted by Gasteiger charge is 2.58. The molecule has 0 bridgehead atoms. The second-order valence-electron chi connectivity index (χ2n) is 9.17. The fourth-order valence-electron chi connectivity index (χ4n) is 5.87. The Balaban J connectivity index is 1.39. The molecule has 6 atom stereocenters. The van der Waals surface area contributed by atoms with Crippen LogP contribution in [0, 0.1) is 23.2 Å². The summed E-state index contributed by atoms with van der Waals surface area (Å²) in [5.41, 5.74) is 1.20. The fraction of sp³-hybridized carbons (Fsp3) is 0.591. The van der Waals surface area contributed by atoms with Crippen LogP contribution in [-0.2, 0) is 27.2 Å². The molecule has 5 nitrogen and oxygen atoms in total. The molecular formula is C22H26N2O3S2. The Morgan fingerprint density at radius 2 is 2.21 bits per heavy atom. The minimum Gasteiger partial charge on any atom is -0.461 e. The number of thiazole rings is 1. The Bertz CT molecular complexity index is 953. The molecule has 0 radical (unpaired) electrons. The van der Waals surface area contributed by atoms with Gasteiger partial charge in [0.1, 0.15) is 6.10 Å². The molecule has 1 amide bonds. The maximum absolute atomic E-state index is 12.4. The first kappa shape index (κ1) is 19.2. The molecule has 2 aromatic rings. The van der Waals surface area contributed by atoms with E-state index >= 15 is 0 Å². The predicted octanol–water partition coefficient (Wildman–Crippen LogP) is 4.64. The minimum absolute atomic E-state index is 0.000631. The van der Waals surface area contributed by atoms with E-state index in [4.69, 9.17) is 9.72 Å². The number of amides is 1. The van der Waals surface area contributed by atoms with Gasteiger partial charge in [0.2, 0.25) is 5.91 Å². The Morgan fingerprint density at radius 1 is 1.38 bits per heavy atom.